The number of aliphatic hydroxyl groups is 2. The second-order valence-corrected chi connectivity index (χ2v) is 2.84. The largest absolute Gasteiger partial charge is 0.508 e. The van der Waals surface area contributed by atoms with E-state index in [4.69, 9.17) is 10.2 Å². The van der Waals surface area contributed by atoms with E-state index in [0.717, 1.165) is 0 Å². The van der Waals surface area contributed by atoms with E-state index in [1.54, 1.807) is 13.8 Å². The predicted molar refractivity (Wildman–Crippen MR) is 40.7 cm³/mol. The van der Waals surface area contributed by atoms with Crippen molar-refractivity contribution in [3.05, 3.63) is 0 Å². The number of carbonyl (C=O) groups excluding carboxylic acids is 1. The van der Waals surface area contributed by atoms with Crippen LogP contribution in [0, 0.1) is 0 Å². The molecule has 0 aliphatic rings. The molecule has 2 N–H and O–H groups in total. The highest BCUT2D eigenvalue weighted by molar-refractivity contribution is 5.60. The Morgan fingerprint density at radius 2 is 2.00 bits per heavy atom. The highest BCUT2D eigenvalue weighted by atomic mass is 16.7. The molecule has 0 aromatic carbocycles. The van der Waals surface area contributed by atoms with Gasteiger partial charge in [-0.15, -0.1) is 0 Å². The molecular weight excluding hydrogens is 164 g/mol. The predicted octanol–water partition coefficient (Wildman–Crippen LogP) is -0.0972. The zero-order chi connectivity index (χ0) is 9.61. The second kappa shape index (κ2) is 4.95. The summed E-state index contributed by atoms with van der Waals surface area (Å²) in [5, 5.41) is 17.0. The van der Waals surface area contributed by atoms with Crippen molar-refractivity contribution >= 4 is 6.16 Å². The Kier molecular flexibility index (Phi) is 4.61. The minimum Gasteiger partial charge on any atom is -0.432 e. The van der Waals surface area contributed by atoms with Crippen LogP contribution in [0.25, 0.3) is 0 Å². The van der Waals surface area contributed by atoms with Crippen LogP contribution in [0.3, 0.4) is 0 Å². The van der Waals surface area contributed by atoms with Gasteiger partial charge in [-0.05, 0) is 13.8 Å². The van der Waals surface area contributed by atoms with Gasteiger partial charge in [0, 0.05) is 0 Å². The molecule has 0 aromatic heterocycles. The van der Waals surface area contributed by atoms with E-state index in [1.165, 1.54) is 0 Å². The molecule has 0 atom stereocenters. The number of ether oxygens (including phenoxy) is 2. The maximum Gasteiger partial charge on any atom is 0.508 e. The molecule has 0 rings (SSSR count). The maximum atomic E-state index is 10.7. The fourth-order valence-electron chi connectivity index (χ4n) is 0.416. The van der Waals surface area contributed by atoms with Gasteiger partial charge >= 0.3 is 6.16 Å². The fraction of sp³-hybridized carbons (Fsp3) is 0.857. The Morgan fingerprint density at radius 3 is 2.42 bits per heavy atom. The first-order valence-corrected chi connectivity index (χ1v) is 3.59. The lowest BCUT2D eigenvalue weighted by Crippen LogP contribution is -2.32. The van der Waals surface area contributed by atoms with Crippen LogP contribution in [-0.4, -0.2) is 41.8 Å². The first-order valence-electron chi connectivity index (χ1n) is 3.59. The summed E-state index contributed by atoms with van der Waals surface area (Å²) < 4.78 is 9.07. The average molecular weight is 178 g/mol. The van der Waals surface area contributed by atoms with Crippen LogP contribution in [0.2, 0.25) is 0 Å². The molecule has 0 radical (unpaired) electrons. The Bertz CT molecular complexity index is 143. The van der Waals surface area contributed by atoms with E-state index in [2.05, 4.69) is 9.47 Å². The number of hydrogen-bond acceptors (Lipinski definition) is 5. The van der Waals surface area contributed by atoms with Crippen LogP contribution < -0.4 is 0 Å². The highest BCUT2D eigenvalue weighted by Gasteiger charge is 2.22. The molecule has 0 saturated carbocycles. The first kappa shape index (κ1) is 11.2. The third kappa shape index (κ3) is 4.92. The van der Waals surface area contributed by atoms with Crippen molar-refractivity contribution in [2.45, 2.75) is 19.4 Å². The second-order valence-electron chi connectivity index (χ2n) is 2.84. The molecule has 5 heteroatoms. The molecule has 0 aromatic rings. The van der Waals surface area contributed by atoms with Crippen LogP contribution in [0.4, 0.5) is 4.79 Å². The maximum absolute atomic E-state index is 10.7. The molecule has 0 saturated heterocycles. The molecule has 0 amide bonds. The van der Waals surface area contributed by atoms with E-state index >= 15 is 0 Å². The molecule has 12 heavy (non-hydrogen) atoms. The van der Waals surface area contributed by atoms with E-state index in [0.29, 0.717) is 0 Å². The third-order valence-electron chi connectivity index (χ3n) is 1.05. The molecule has 0 heterocycles. The molecule has 0 aliphatic heterocycles. The van der Waals surface area contributed by atoms with Crippen LogP contribution in [-0.2, 0) is 9.47 Å². The van der Waals surface area contributed by atoms with Gasteiger partial charge in [0.05, 0.1) is 13.2 Å². The summed E-state index contributed by atoms with van der Waals surface area (Å²) in [6, 6.07) is 0. The smallest absolute Gasteiger partial charge is 0.432 e. The topological polar surface area (TPSA) is 76.0 Å². The fourth-order valence-corrected chi connectivity index (χ4v) is 0.416. The van der Waals surface area contributed by atoms with Crippen molar-refractivity contribution in [2.24, 2.45) is 0 Å². The molecule has 0 fully saturated rings. The van der Waals surface area contributed by atoms with Crippen LogP contribution in [0.1, 0.15) is 13.8 Å². The minimum atomic E-state index is -0.938. The van der Waals surface area contributed by atoms with Crippen LogP contribution in [0.5, 0.6) is 0 Å². The number of rotatable bonds is 4. The molecule has 5 nitrogen and oxygen atoms in total. The van der Waals surface area contributed by atoms with Crippen molar-refractivity contribution in [3.63, 3.8) is 0 Å². The zero-order valence-electron chi connectivity index (χ0n) is 7.24. The van der Waals surface area contributed by atoms with E-state index in [1.807, 2.05) is 0 Å². The van der Waals surface area contributed by atoms with Gasteiger partial charge in [-0.3, -0.25) is 0 Å². The Balaban J connectivity index is 3.68. The van der Waals surface area contributed by atoms with Crippen LogP contribution >= 0.6 is 0 Å². The summed E-state index contributed by atoms with van der Waals surface area (Å²) in [5.74, 6) is 0. The summed E-state index contributed by atoms with van der Waals surface area (Å²) in [6.07, 6.45) is -0.886. The van der Waals surface area contributed by atoms with Gasteiger partial charge < -0.3 is 19.7 Å². The Morgan fingerprint density at radius 1 is 1.42 bits per heavy atom. The molecule has 0 spiro atoms. The summed E-state index contributed by atoms with van der Waals surface area (Å²) in [6.45, 7) is 2.48. The number of carbonyl (C=O) groups is 1. The minimum absolute atomic E-state index is 0.0969. The Labute approximate surface area is 70.9 Å². The summed E-state index contributed by atoms with van der Waals surface area (Å²) in [5.41, 5.74) is -0.938. The van der Waals surface area contributed by atoms with Crippen molar-refractivity contribution in [1.29, 1.82) is 0 Å². The van der Waals surface area contributed by atoms with Crippen molar-refractivity contribution in [1.82, 2.24) is 0 Å². The van der Waals surface area contributed by atoms with E-state index in [9.17, 15) is 4.79 Å². The SMILES string of the molecule is CC(C)(CO)OC(=O)OCCO. The molecule has 0 unspecified atom stereocenters. The standard InChI is InChI=1S/C7H14O5/c1-7(2,5-9)12-6(10)11-4-3-8/h8-9H,3-5H2,1-2H3. The normalized spacial score (nSPS) is 11.0. The van der Waals surface area contributed by atoms with E-state index < -0.39 is 11.8 Å². The van der Waals surface area contributed by atoms with Gasteiger partial charge in [0.2, 0.25) is 0 Å². The quantitative estimate of drug-likeness (QED) is 0.588. The molecule has 72 valence electrons. The zero-order valence-corrected chi connectivity index (χ0v) is 7.24. The van der Waals surface area contributed by atoms with Gasteiger partial charge in [0.15, 0.2) is 0 Å². The van der Waals surface area contributed by atoms with Gasteiger partial charge in [0.25, 0.3) is 0 Å². The molecule has 0 bridgehead atoms. The number of hydrogen-bond donors (Lipinski definition) is 2. The van der Waals surface area contributed by atoms with Gasteiger partial charge in [0.1, 0.15) is 12.2 Å². The van der Waals surface area contributed by atoms with Gasteiger partial charge in [-0.2, -0.15) is 0 Å². The monoisotopic (exact) mass is 178 g/mol. The summed E-state index contributed by atoms with van der Waals surface area (Å²) in [4.78, 5) is 10.7. The average Bonchev–Trinajstić information content (AvgIpc) is 2.00. The molecular formula is C7H14O5. The lowest BCUT2D eigenvalue weighted by molar-refractivity contribution is -0.0457. The van der Waals surface area contributed by atoms with Gasteiger partial charge in [-0.25, -0.2) is 4.79 Å². The Hall–Kier alpha value is -0.810. The number of aliphatic hydroxyl groups excluding tert-OH is 2. The highest BCUT2D eigenvalue weighted by Crippen LogP contribution is 2.08. The van der Waals surface area contributed by atoms with Crippen molar-refractivity contribution in [3.8, 4) is 0 Å². The van der Waals surface area contributed by atoms with Crippen molar-refractivity contribution < 1.29 is 24.5 Å². The molecule has 0 aliphatic carbocycles. The van der Waals surface area contributed by atoms with Gasteiger partial charge in [-0.1, -0.05) is 0 Å². The summed E-state index contributed by atoms with van der Waals surface area (Å²) in [7, 11) is 0. The third-order valence-corrected chi connectivity index (χ3v) is 1.05. The lowest BCUT2D eigenvalue weighted by atomic mass is 10.2. The van der Waals surface area contributed by atoms with E-state index in [-0.39, 0.29) is 19.8 Å². The summed E-state index contributed by atoms with van der Waals surface area (Å²) >= 11 is 0. The lowest BCUT2D eigenvalue weighted by Gasteiger charge is -2.21. The van der Waals surface area contributed by atoms with Crippen molar-refractivity contribution in [2.75, 3.05) is 19.8 Å². The van der Waals surface area contributed by atoms with Crippen LogP contribution in [0.15, 0.2) is 0 Å². The first-order chi connectivity index (χ1) is 5.52.